The molecule has 0 N–H and O–H groups in total. The minimum absolute atomic E-state index is 0.612. The summed E-state index contributed by atoms with van der Waals surface area (Å²) in [4.78, 5) is 10.6. The monoisotopic (exact) mass is 348 g/mol. The Morgan fingerprint density at radius 2 is 1.74 bits per heavy atom. The number of fused-ring (bicyclic) bond motifs is 2. The van der Waals surface area contributed by atoms with Gasteiger partial charge < -0.3 is 18.6 Å². The number of aromatic nitrogens is 2. The largest absolute Gasteiger partial charge is 0.496 e. The molecule has 0 unspecified atom stereocenters. The quantitative estimate of drug-likeness (QED) is 0.551. The van der Waals surface area contributed by atoms with E-state index in [4.69, 9.17) is 18.6 Å². The number of rotatable bonds is 4. The molecule has 0 aliphatic heterocycles. The van der Waals surface area contributed by atoms with Gasteiger partial charge in [0.1, 0.15) is 17.1 Å². The SMILES string of the molecule is COc1cc(OC)c2cc(-c3nc4sc(OC)nc4s3)oc2c1. The molecule has 0 spiro atoms. The van der Waals surface area contributed by atoms with E-state index in [-0.39, 0.29) is 0 Å². The van der Waals surface area contributed by atoms with Crippen molar-refractivity contribution in [2.45, 2.75) is 0 Å². The fraction of sp³-hybridized carbons (Fsp3) is 0.200. The molecule has 8 heteroatoms. The van der Waals surface area contributed by atoms with Crippen molar-refractivity contribution >= 4 is 43.3 Å². The zero-order valence-corrected chi connectivity index (χ0v) is 14.2. The van der Waals surface area contributed by atoms with E-state index < -0.39 is 0 Å². The second-order valence-corrected chi connectivity index (χ2v) is 6.58. The average Bonchev–Trinajstić information content (AvgIpc) is 3.24. The van der Waals surface area contributed by atoms with Crippen LogP contribution in [0, 0.1) is 0 Å². The summed E-state index contributed by atoms with van der Waals surface area (Å²) in [5.41, 5.74) is 0.695. The van der Waals surface area contributed by atoms with Gasteiger partial charge in [-0.25, -0.2) is 4.98 Å². The molecule has 3 aromatic heterocycles. The minimum Gasteiger partial charge on any atom is -0.496 e. The van der Waals surface area contributed by atoms with E-state index >= 15 is 0 Å². The van der Waals surface area contributed by atoms with Crippen LogP contribution in [-0.2, 0) is 0 Å². The van der Waals surface area contributed by atoms with E-state index in [0.717, 1.165) is 20.1 Å². The van der Waals surface area contributed by atoms with Crippen molar-refractivity contribution in [3.8, 4) is 27.5 Å². The van der Waals surface area contributed by atoms with Crippen LogP contribution in [0.1, 0.15) is 0 Å². The van der Waals surface area contributed by atoms with E-state index in [0.29, 0.717) is 28.0 Å². The van der Waals surface area contributed by atoms with E-state index in [1.807, 2.05) is 18.2 Å². The van der Waals surface area contributed by atoms with E-state index in [9.17, 15) is 0 Å². The van der Waals surface area contributed by atoms with Gasteiger partial charge in [0.15, 0.2) is 20.4 Å². The molecule has 6 nitrogen and oxygen atoms in total. The van der Waals surface area contributed by atoms with Crippen LogP contribution in [0.3, 0.4) is 0 Å². The molecule has 1 aromatic carbocycles. The molecule has 118 valence electrons. The fourth-order valence-electron chi connectivity index (χ4n) is 2.29. The van der Waals surface area contributed by atoms with Crippen LogP contribution in [0.5, 0.6) is 16.7 Å². The number of methoxy groups -OCH3 is 3. The maximum absolute atomic E-state index is 5.93. The van der Waals surface area contributed by atoms with Crippen molar-refractivity contribution in [3.05, 3.63) is 18.2 Å². The second-order valence-electron chi connectivity index (χ2n) is 4.67. The summed E-state index contributed by atoms with van der Waals surface area (Å²) in [5.74, 6) is 2.06. The molecule has 3 heterocycles. The summed E-state index contributed by atoms with van der Waals surface area (Å²) in [6, 6.07) is 5.58. The number of hydrogen-bond acceptors (Lipinski definition) is 8. The van der Waals surface area contributed by atoms with E-state index in [1.54, 1.807) is 21.3 Å². The molecular weight excluding hydrogens is 336 g/mol. The number of hydrogen-bond donors (Lipinski definition) is 0. The van der Waals surface area contributed by atoms with Gasteiger partial charge in [-0.3, -0.25) is 0 Å². The molecule has 0 aliphatic carbocycles. The Hall–Kier alpha value is -2.32. The Morgan fingerprint density at radius 1 is 0.913 bits per heavy atom. The molecule has 0 radical (unpaired) electrons. The van der Waals surface area contributed by atoms with Crippen molar-refractivity contribution in [1.82, 2.24) is 9.97 Å². The van der Waals surface area contributed by atoms with E-state index in [2.05, 4.69) is 9.97 Å². The van der Waals surface area contributed by atoms with Gasteiger partial charge in [0.25, 0.3) is 5.19 Å². The lowest BCUT2D eigenvalue weighted by molar-refractivity contribution is 0.397. The lowest BCUT2D eigenvalue weighted by Gasteiger charge is -2.04. The summed E-state index contributed by atoms with van der Waals surface area (Å²) in [7, 11) is 4.83. The number of furan rings is 1. The third kappa shape index (κ3) is 2.30. The van der Waals surface area contributed by atoms with Crippen LogP contribution in [0.15, 0.2) is 22.6 Å². The first-order valence-corrected chi connectivity index (χ1v) is 8.32. The predicted octanol–water partition coefficient (Wildman–Crippen LogP) is 4.19. The summed E-state index contributed by atoms with van der Waals surface area (Å²) < 4.78 is 21.7. The molecule has 0 fully saturated rings. The number of ether oxygens (including phenoxy) is 3. The normalized spacial score (nSPS) is 11.3. The predicted molar refractivity (Wildman–Crippen MR) is 90.2 cm³/mol. The molecule has 0 aliphatic rings. The molecule has 0 atom stereocenters. The standard InChI is InChI=1S/C15H12N2O4S2/c1-18-7-4-9(19-2)8-6-11(21-10(8)5-7)12-16-13-14(22-12)17-15(20-3)23-13/h4-6H,1-3H3. The second kappa shape index (κ2) is 5.39. The van der Waals surface area contributed by atoms with Crippen molar-refractivity contribution < 1.29 is 18.6 Å². The van der Waals surface area contributed by atoms with Crippen LogP contribution < -0.4 is 14.2 Å². The number of nitrogens with zero attached hydrogens (tertiary/aromatic N) is 2. The highest BCUT2D eigenvalue weighted by Gasteiger charge is 2.17. The van der Waals surface area contributed by atoms with Crippen molar-refractivity contribution in [1.29, 1.82) is 0 Å². The average molecular weight is 348 g/mol. The summed E-state index contributed by atoms with van der Waals surface area (Å²) in [6.07, 6.45) is 0. The highest BCUT2D eigenvalue weighted by Crippen LogP contribution is 2.40. The van der Waals surface area contributed by atoms with Crippen LogP contribution in [-0.4, -0.2) is 31.3 Å². The van der Waals surface area contributed by atoms with Gasteiger partial charge in [0.2, 0.25) is 0 Å². The topological polar surface area (TPSA) is 66.6 Å². The van der Waals surface area contributed by atoms with Gasteiger partial charge in [0.05, 0.1) is 26.7 Å². The third-order valence-electron chi connectivity index (χ3n) is 3.37. The molecule has 4 aromatic rings. The third-order valence-corrected chi connectivity index (χ3v) is 5.37. The Bertz CT molecular complexity index is 970. The molecule has 0 saturated heterocycles. The first kappa shape index (κ1) is 14.3. The zero-order valence-electron chi connectivity index (χ0n) is 12.6. The van der Waals surface area contributed by atoms with Gasteiger partial charge in [-0.1, -0.05) is 22.7 Å². The van der Waals surface area contributed by atoms with Crippen molar-refractivity contribution in [2.75, 3.05) is 21.3 Å². The van der Waals surface area contributed by atoms with Crippen molar-refractivity contribution in [2.24, 2.45) is 0 Å². The van der Waals surface area contributed by atoms with Crippen molar-refractivity contribution in [3.63, 3.8) is 0 Å². The van der Waals surface area contributed by atoms with Gasteiger partial charge >= 0.3 is 0 Å². The van der Waals surface area contributed by atoms with Crippen LogP contribution in [0.2, 0.25) is 0 Å². The van der Waals surface area contributed by atoms with Crippen LogP contribution in [0.4, 0.5) is 0 Å². The molecule has 23 heavy (non-hydrogen) atoms. The Morgan fingerprint density at radius 3 is 2.43 bits per heavy atom. The molecule has 0 amide bonds. The highest BCUT2D eigenvalue weighted by atomic mass is 32.1. The lowest BCUT2D eigenvalue weighted by Crippen LogP contribution is -1.86. The van der Waals surface area contributed by atoms with Gasteiger partial charge in [-0.2, -0.15) is 4.98 Å². The Labute approximate surface area is 139 Å². The molecule has 0 bridgehead atoms. The molecule has 4 rings (SSSR count). The number of benzene rings is 1. The zero-order chi connectivity index (χ0) is 16.0. The summed E-state index contributed by atoms with van der Waals surface area (Å²) in [5, 5.41) is 2.27. The highest BCUT2D eigenvalue weighted by molar-refractivity contribution is 7.28. The van der Waals surface area contributed by atoms with Gasteiger partial charge in [0, 0.05) is 12.1 Å². The maximum Gasteiger partial charge on any atom is 0.276 e. The minimum atomic E-state index is 0.612. The van der Waals surface area contributed by atoms with Crippen LogP contribution >= 0.6 is 22.7 Å². The Balaban J connectivity index is 1.84. The first-order chi connectivity index (χ1) is 11.2. The fourth-order valence-corrected chi connectivity index (χ4v) is 4.10. The van der Waals surface area contributed by atoms with Gasteiger partial charge in [-0.15, -0.1) is 0 Å². The number of thiazole rings is 2. The maximum atomic E-state index is 5.93. The lowest BCUT2D eigenvalue weighted by atomic mass is 10.2. The van der Waals surface area contributed by atoms with E-state index in [1.165, 1.54) is 22.7 Å². The van der Waals surface area contributed by atoms with Gasteiger partial charge in [-0.05, 0) is 6.07 Å². The molecule has 0 saturated carbocycles. The summed E-state index contributed by atoms with van der Waals surface area (Å²) >= 11 is 2.88. The van der Waals surface area contributed by atoms with Crippen LogP contribution in [0.25, 0.3) is 31.4 Å². The summed E-state index contributed by atoms with van der Waals surface area (Å²) in [6.45, 7) is 0. The first-order valence-electron chi connectivity index (χ1n) is 6.69. The Kier molecular flexibility index (Phi) is 3.35. The smallest absolute Gasteiger partial charge is 0.276 e. The molecular formula is C15H12N2O4S2.